The Labute approximate surface area is 92.5 Å². The number of nitro groups is 1. The molecule has 0 aliphatic heterocycles. The van der Waals surface area contributed by atoms with Gasteiger partial charge in [-0.25, -0.2) is 4.98 Å². The van der Waals surface area contributed by atoms with E-state index in [0.717, 1.165) is 11.4 Å². The van der Waals surface area contributed by atoms with Crippen LogP contribution in [0.15, 0.2) is 36.7 Å². The van der Waals surface area contributed by atoms with Gasteiger partial charge in [0.25, 0.3) is 5.69 Å². The molecule has 2 aromatic rings. The zero-order chi connectivity index (χ0) is 11.5. The molecule has 0 aliphatic carbocycles. The van der Waals surface area contributed by atoms with Crippen molar-refractivity contribution < 1.29 is 4.92 Å². The number of aromatic nitrogens is 2. The molecule has 0 unspecified atom stereocenters. The number of non-ortho nitro benzene ring substituents is 1. The van der Waals surface area contributed by atoms with Crippen LogP contribution in [-0.2, 0) is 6.54 Å². The van der Waals surface area contributed by atoms with Gasteiger partial charge in [-0.1, -0.05) is 12.1 Å². The highest BCUT2D eigenvalue weighted by molar-refractivity contribution is 5.34. The molecule has 5 heteroatoms. The minimum Gasteiger partial charge on any atom is -0.331 e. The number of hydrogen-bond donors (Lipinski definition) is 0. The molecule has 0 bridgehead atoms. The summed E-state index contributed by atoms with van der Waals surface area (Å²) in [5.74, 6) is 0.895. The average Bonchev–Trinajstić information content (AvgIpc) is 2.65. The molecule has 0 spiro atoms. The molecule has 1 aromatic heterocycles. The molecule has 0 fully saturated rings. The number of nitro benzene ring substituents is 1. The molecular weight excluding hydrogens is 206 g/mol. The van der Waals surface area contributed by atoms with Crippen LogP contribution in [0.25, 0.3) is 0 Å². The summed E-state index contributed by atoms with van der Waals surface area (Å²) in [5, 5.41) is 10.6. The smallest absolute Gasteiger partial charge is 0.269 e. The second-order valence-corrected chi connectivity index (χ2v) is 3.53. The van der Waals surface area contributed by atoms with E-state index in [-0.39, 0.29) is 10.6 Å². The first kappa shape index (κ1) is 10.4. The summed E-state index contributed by atoms with van der Waals surface area (Å²) in [4.78, 5) is 14.3. The third-order valence-corrected chi connectivity index (χ3v) is 2.40. The van der Waals surface area contributed by atoms with Gasteiger partial charge >= 0.3 is 0 Å². The first-order chi connectivity index (χ1) is 7.66. The molecule has 5 nitrogen and oxygen atoms in total. The lowest BCUT2D eigenvalue weighted by Crippen LogP contribution is -2.01. The number of benzene rings is 1. The van der Waals surface area contributed by atoms with Crippen molar-refractivity contribution >= 4 is 5.69 Å². The van der Waals surface area contributed by atoms with Crippen LogP contribution >= 0.6 is 0 Å². The van der Waals surface area contributed by atoms with Crippen LogP contribution in [0.5, 0.6) is 0 Å². The molecule has 82 valence electrons. The minimum absolute atomic E-state index is 0.121. The molecule has 0 saturated carbocycles. The Kier molecular flexibility index (Phi) is 2.68. The van der Waals surface area contributed by atoms with E-state index in [2.05, 4.69) is 4.98 Å². The predicted octanol–water partition coefficient (Wildman–Crippen LogP) is 2.15. The number of hydrogen-bond acceptors (Lipinski definition) is 3. The number of rotatable bonds is 3. The maximum absolute atomic E-state index is 10.6. The maximum atomic E-state index is 10.6. The molecule has 16 heavy (non-hydrogen) atoms. The fraction of sp³-hybridized carbons (Fsp3) is 0.182. The molecule has 0 saturated heterocycles. The topological polar surface area (TPSA) is 61.0 Å². The Bertz CT molecular complexity index is 519. The van der Waals surface area contributed by atoms with Gasteiger partial charge < -0.3 is 4.57 Å². The minimum atomic E-state index is -0.385. The summed E-state index contributed by atoms with van der Waals surface area (Å²) < 4.78 is 1.94. The molecule has 0 aliphatic rings. The van der Waals surface area contributed by atoms with Crippen molar-refractivity contribution in [3.8, 4) is 0 Å². The second kappa shape index (κ2) is 4.14. The Balaban J connectivity index is 2.25. The lowest BCUT2D eigenvalue weighted by Gasteiger charge is -2.04. The Hall–Kier alpha value is -2.17. The monoisotopic (exact) mass is 217 g/mol. The van der Waals surface area contributed by atoms with Gasteiger partial charge in [0.2, 0.25) is 0 Å². The van der Waals surface area contributed by atoms with Crippen LogP contribution in [0, 0.1) is 17.0 Å². The molecule has 0 amide bonds. The van der Waals surface area contributed by atoms with Gasteiger partial charge in [0, 0.05) is 31.1 Å². The van der Waals surface area contributed by atoms with Crippen molar-refractivity contribution in [2.24, 2.45) is 0 Å². The van der Waals surface area contributed by atoms with E-state index in [1.54, 1.807) is 18.3 Å². The van der Waals surface area contributed by atoms with Crippen LogP contribution in [0.1, 0.15) is 11.4 Å². The van der Waals surface area contributed by atoms with Gasteiger partial charge in [0.15, 0.2) is 0 Å². The highest BCUT2D eigenvalue weighted by Crippen LogP contribution is 2.14. The largest absolute Gasteiger partial charge is 0.331 e. The predicted molar refractivity (Wildman–Crippen MR) is 59.2 cm³/mol. The normalized spacial score (nSPS) is 10.3. The maximum Gasteiger partial charge on any atom is 0.269 e. The van der Waals surface area contributed by atoms with Crippen LogP contribution < -0.4 is 0 Å². The molecule has 0 atom stereocenters. The molecule has 1 aromatic carbocycles. The van der Waals surface area contributed by atoms with Crippen LogP contribution in [0.3, 0.4) is 0 Å². The van der Waals surface area contributed by atoms with E-state index in [1.165, 1.54) is 6.07 Å². The SMILES string of the molecule is Cc1nccn1Cc1cccc([N+](=O)[O-])c1. The van der Waals surface area contributed by atoms with Gasteiger partial charge in [-0.15, -0.1) is 0 Å². The fourth-order valence-corrected chi connectivity index (χ4v) is 1.54. The van der Waals surface area contributed by atoms with Crippen molar-refractivity contribution in [2.75, 3.05) is 0 Å². The standard InChI is InChI=1S/C11H11N3O2/c1-9-12-5-6-13(9)8-10-3-2-4-11(7-10)14(15)16/h2-7H,8H2,1H3. The lowest BCUT2D eigenvalue weighted by atomic mass is 10.2. The van der Waals surface area contributed by atoms with Crippen molar-refractivity contribution in [2.45, 2.75) is 13.5 Å². The van der Waals surface area contributed by atoms with Crippen molar-refractivity contribution in [1.82, 2.24) is 9.55 Å². The van der Waals surface area contributed by atoms with Gasteiger partial charge in [0.1, 0.15) is 5.82 Å². The zero-order valence-electron chi connectivity index (χ0n) is 8.83. The summed E-state index contributed by atoms with van der Waals surface area (Å²) in [6.07, 6.45) is 3.57. The van der Waals surface area contributed by atoms with Gasteiger partial charge in [-0.2, -0.15) is 0 Å². The van der Waals surface area contributed by atoms with E-state index in [4.69, 9.17) is 0 Å². The Morgan fingerprint density at radius 1 is 1.50 bits per heavy atom. The van der Waals surface area contributed by atoms with Crippen molar-refractivity contribution in [3.63, 3.8) is 0 Å². The third-order valence-electron chi connectivity index (χ3n) is 2.40. The van der Waals surface area contributed by atoms with Crippen LogP contribution in [-0.4, -0.2) is 14.5 Å². The molecule has 1 heterocycles. The molecule has 0 radical (unpaired) electrons. The van der Waals surface area contributed by atoms with Gasteiger partial charge in [0.05, 0.1) is 4.92 Å². The summed E-state index contributed by atoms with van der Waals surface area (Å²) in [6, 6.07) is 6.63. The first-order valence-electron chi connectivity index (χ1n) is 4.88. The zero-order valence-corrected chi connectivity index (χ0v) is 8.83. The first-order valence-corrected chi connectivity index (χ1v) is 4.88. The van der Waals surface area contributed by atoms with E-state index >= 15 is 0 Å². The van der Waals surface area contributed by atoms with Gasteiger partial charge in [-0.05, 0) is 12.5 Å². The van der Waals surface area contributed by atoms with E-state index in [1.807, 2.05) is 23.8 Å². The van der Waals surface area contributed by atoms with E-state index < -0.39 is 0 Å². The van der Waals surface area contributed by atoms with Crippen LogP contribution in [0.2, 0.25) is 0 Å². The highest BCUT2D eigenvalue weighted by Gasteiger charge is 2.06. The van der Waals surface area contributed by atoms with Crippen molar-refractivity contribution in [3.05, 3.63) is 58.2 Å². The van der Waals surface area contributed by atoms with Crippen molar-refractivity contribution in [1.29, 1.82) is 0 Å². The Morgan fingerprint density at radius 3 is 2.94 bits per heavy atom. The summed E-state index contributed by atoms with van der Waals surface area (Å²) in [6.45, 7) is 2.50. The summed E-state index contributed by atoms with van der Waals surface area (Å²) >= 11 is 0. The second-order valence-electron chi connectivity index (χ2n) is 3.53. The van der Waals surface area contributed by atoms with Gasteiger partial charge in [-0.3, -0.25) is 10.1 Å². The third kappa shape index (κ3) is 2.08. The van der Waals surface area contributed by atoms with Crippen LogP contribution in [0.4, 0.5) is 5.69 Å². The number of nitrogens with zero attached hydrogens (tertiary/aromatic N) is 3. The summed E-state index contributed by atoms with van der Waals surface area (Å²) in [7, 11) is 0. The molecular formula is C11H11N3O2. The molecule has 0 N–H and O–H groups in total. The fourth-order valence-electron chi connectivity index (χ4n) is 1.54. The quantitative estimate of drug-likeness (QED) is 0.584. The number of imidazole rings is 1. The summed E-state index contributed by atoms with van der Waals surface area (Å²) in [5.41, 5.74) is 1.02. The number of aryl methyl sites for hydroxylation is 1. The average molecular weight is 217 g/mol. The van der Waals surface area contributed by atoms with E-state index in [9.17, 15) is 10.1 Å². The highest BCUT2D eigenvalue weighted by atomic mass is 16.6. The Morgan fingerprint density at radius 2 is 2.31 bits per heavy atom. The molecule has 2 rings (SSSR count). The van der Waals surface area contributed by atoms with E-state index in [0.29, 0.717) is 6.54 Å². The lowest BCUT2D eigenvalue weighted by molar-refractivity contribution is -0.384.